The SMILES string of the molecule is O=C(CCCNC(=O)c1ccccc1)NN=Cc1cc(Br)ccc1O. The van der Waals surface area contributed by atoms with Crippen molar-refractivity contribution in [2.45, 2.75) is 12.8 Å². The molecule has 0 heterocycles. The van der Waals surface area contributed by atoms with Crippen molar-refractivity contribution in [1.82, 2.24) is 10.7 Å². The normalized spacial score (nSPS) is 10.6. The number of hydrogen-bond acceptors (Lipinski definition) is 4. The van der Waals surface area contributed by atoms with Gasteiger partial charge in [0, 0.05) is 28.6 Å². The van der Waals surface area contributed by atoms with Gasteiger partial charge in [-0.2, -0.15) is 5.10 Å². The fourth-order valence-corrected chi connectivity index (χ4v) is 2.38. The maximum Gasteiger partial charge on any atom is 0.251 e. The number of benzene rings is 2. The molecule has 0 saturated carbocycles. The summed E-state index contributed by atoms with van der Waals surface area (Å²) in [7, 11) is 0. The fourth-order valence-electron chi connectivity index (χ4n) is 2.00. The van der Waals surface area contributed by atoms with Crippen LogP contribution >= 0.6 is 15.9 Å². The van der Waals surface area contributed by atoms with Gasteiger partial charge >= 0.3 is 0 Å². The molecule has 0 aliphatic carbocycles. The van der Waals surface area contributed by atoms with Gasteiger partial charge in [-0.1, -0.05) is 34.1 Å². The maximum atomic E-state index is 11.8. The summed E-state index contributed by atoms with van der Waals surface area (Å²) in [5, 5.41) is 16.2. The second-order valence-corrected chi connectivity index (χ2v) is 6.14. The zero-order valence-electron chi connectivity index (χ0n) is 13.4. The van der Waals surface area contributed by atoms with Gasteiger partial charge in [0.05, 0.1) is 6.21 Å². The van der Waals surface area contributed by atoms with Crippen molar-refractivity contribution in [3.05, 3.63) is 64.1 Å². The molecule has 6 nitrogen and oxygen atoms in total. The Bertz CT molecular complexity index is 763. The van der Waals surface area contributed by atoms with Crippen LogP contribution in [0.15, 0.2) is 58.1 Å². The number of carbonyl (C=O) groups is 2. The van der Waals surface area contributed by atoms with Crippen LogP contribution in [0.25, 0.3) is 0 Å². The molecule has 0 atom stereocenters. The van der Waals surface area contributed by atoms with Gasteiger partial charge in [-0.15, -0.1) is 0 Å². The quantitative estimate of drug-likeness (QED) is 0.377. The van der Waals surface area contributed by atoms with Crippen molar-refractivity contribution < 1.29 is 14.7 Å². The van der Waals surface area contributed by atoms with Crippen molar-refractivity contribution in [3.8, 4) is 5.75 Å². The number of phenols is 1. The van der Waals surface area contributed by atoms with Gasteiger partial charge in [0.2, 0.25) is 5.91 Å². The predicted octanol–water partition coefficient (Wildman–Crippen LogP) is 2.82. The monoisotopic (exact) mass is 403 g/mol. The molecule has 130 valence electrons. The Morgan fingerprint density at radius 3 is 2.68 bits per heavy atom. The van der Waals surface area contributed by atoms with E-state index in [1.54, 1.807) is 36.4 Å². The van der Waals surface area contributed by atoms with Crippen LogP contribution in [0.3, 0.4) is 0 Å². The van der Waals surface area contributed by atoms with Crippen LogP contribution in [-0.2, 0) is 4.79 Å². The summed E-state index contributed by atoms with van der Waals surface area (Å²) in [5.74, 6) is -0.353. The summed E-state index contributed by atoms with van der Waals surface area (Å²) in [4.78, 5) is 23.5. The van der Waals surface area contributed by atoms with E-state index >= 15 is 0 Å². The summed E-state index contributed by atoms with van der Waals surface area (Å²) in [6.07, 6.45) is 2.11. The number of aromatic hydroxyl groups is 1. The van der Waals surface area contributed by atoms with E-state index in [1.807, 2.05) is 6.07 Å². The number of hydrazone groups is 1. The minimum Gasteiger partial charge on any atom is -0.507 e. The Morgan fingerprint density at radius 1 is 1.16 bits per heavy atom. The number of nitrogens with zero attached hydrogens (tertiary/aromatic N) is 1. The lowest BCUT2D eigenvalue weighted by Crippen LogP contribution is -2.26. The molecular weight excluding hydrogens is 386 g/mol. The zero-order valence-corrected chi connectivity index (χ0v) is 15.0. The number of carbonyl (C=O) groups excluding carboxylic acids is 2. The molecule has 0 aliphatic heterocycles. The standard InChI is InChI=1S/C18H18BrN3O3/c19-15-8-9-16(23)14(11-15)12-21-22-17(24)7-4-10-20-18(25)13-5-2-1-3-6-13/h1-3,5-6,8-9,11-12,23H,4,7,10H2,(H,20,25)(H,22,24). The summed E-state index contributed by atoms with van der Waals surface area (Å²) in [5.41, 5.74) is 3.47. The van der Waals surface area contributed by atoms with E-state index in [9.17, 15) is 14.7 Å². The first-order chi connectivity index (χ1) is 12.1. The molecule has 2 aromatic carbocycles. The maximum absolute atomic E-state index is 11.8. The summed E-state index contributed by atoms with van der Waals surface area (Å²) in [6, 6.07) is 13.8. The summed E-state index contributed by atoms with van der Waals surface area (Å²) >= 11 is 3.29. The Kier molecular flexibility index (Phi) is 7.16. The predicted molar refractivity (Wildman–Crippen MR) is 99.6 cm³/mol. The molecular formula is C18H18BrN3O3. The molecule has 0 saturated heterocycles. The molecule has 0 spiro atoms. The number of hydrogen-bond donors (Lipinski definition) is 3. The lowest BCUT2D eigenvalue weighted by molar-refractivity contribution is -0.121. The van der Waals surface area contributed by atoms with E-state index in [0.717, 1.165) is 4.47 Å². The molecule has 2 rings (SSSR count). The van der Waals surface area contributed by atoms with E-state index in [1.165, 1.54) is 12.3 Å². The molecule has 25 heavy (non-hydrogen) atoms. The summed E-state index contributed by atoms with van der Waals surface area (Å²) in [6.45, 7) is 0.400. The van der Waals surface area contributed by atoms with E-state index in [0.29, 0.717) is 24.1 Å². The number of phenolic OH excluding ortho intramolecular Hbond substituents is 1. The van der Waals surface area contributed by atoms with E-state index in [2.05, 4.69) is 31.8 Å². The molecule has 3 N–H and O–H groups in total. The number of nitrogens with one attached hydrogen (secondary N) is 2. The van der Waals surface area contributed by atoms with Gasteiger partial charge in [-0.3, -0.25) is 9.59 Å². The van der Waals surface area contributed by atoms with Crippen LogP contribution in [0.1, 0.15) is 28.8 Å². The number of amides is 2. The molecule has 0 radical (unpaired) electrons. The molecule has 2 aromatic rings. The molecule has 0 bridgehead atoms. The van der Waals surface area contributed by atoms with Crippen molar-refractivity contribution in [3.63, 3.8) is 0 Å². The average molecular weight is 404 g/mol. The van der Waals surface area contributed by atoms with Crippen molar-refractivity contribution >= 4 is 34.0 Å². The van der Waals surface area contributed by atoms with Gasteiger partial charge in [-0.25, -0.2) is 5.43 Å². The first kappa shape index (κ1) is 18.7. The lowest BCUT2D eigenvalue weighted by Gasteiger charge is -2.04. The Labute approximate surface area is 154 Å². The lowest BCUT2D eigenvalue weighted by atomic mass is 10.2. The molecule has 2 amide bonds. The third kappa shape index (κ3) is 6.39. The molecule has 0 aromatic heterocycles. The van der Waals surface area contributed by atoms with Crippen molar-refractivity contribution in [2.75, 3.05) is 6.54 Å². The molecule has 0 aliphatic rings. The minimum absolute atomic E-state index is 0.0739. The van der Waals surface area contributed by atoms with Gasteiger partial charge in [0.25, 0.3) is 5.91 Å². The number of rotatable bonds is 7. The highest BCUT2D eigenvalue weighted by Crippen LogP contribution is 2.19. The Balaban J connectivity index is 1.68. The van der Waals surface area contributed by atoms with Crippen LogP contribution in [0.4, 0.5) is 0 Å². The van der Waals surface area contributed by atoms with E-state index in [-0.39, 0.29) is 24.0 Å². The Morgan fingerprint density at radius 2 is 1.92 bits per heavy atom. The molecule has 0 unspecified atom stereocenters. The second kappa shape index (κ2) is 9.58. The van der Waals surface area contributed by atoms with E-state index < -0.39 is 0 Å². The minimum atomic E-state index is -0.264. The largest absolute Gasteiger partial charge is 0.507 e. The summed E-state index contributed by atoms with van der Waals surface area (Å²) < 4.78 is 0.798. The number of halogens is 1. The van der Waals surface area contributed by atoms with E-state index in [4.69, 9.17) is 0 Å². The second-order valence-electron chi connectivity index (χ2n) is 5.22. The average Bonchev–Trinajstić information content (AvgIpc) is 2.62. The van der Waals surface area contributed by atoms with Crippen LogP contribution in [0.5, 0.6) is 5.75 Å². The smallest absolute Gasteiger partial charge is 0.251 e. The fraction of sp³-hybridized carbons (Fsp3) is 0.167. The third-order valence-corrected chi connectivity index (χ3v) is 3.78. The van der Waals surface area contributed by atoms with Gasteiger partial charge in [0.15, 0.2) is 0 Å². The van der Waals surface area contributed by atoms with Crippen molar-refractivity contribution in [1.29, 1.82) is 0 Å². The molecule has 7 heteroatoms. The third-order valence-electron chi connectivity index (χ3n) is 3.28. The highest BCUT2D eigenvalue weighted by Gasteiger charge is 2.05. The van der Waals surface area contributed by atoms with Crippen LogP contribution < -0.4 is 10.7 Å². The zero-order chi connectivity index (χ0) is 18.1. The highest BCUT2D eigenvalue weighted by atomic mass is 79.9. The first-order valence-corrected chi connectivity index (χ1v) is 8.49. The van der Waals surface area contributed by atoms with Crippen molar-refractivity contribution in [2.24, 2.45) is 5.10 Å². The topological polar surface area (TPSA) is 90.8 Å². The first-order valence-electron chi connectivity index (χ1n) is 7.70. The van der Waals surface area contributed by atoms with Crippen LogP contribution in [0.2, 0.25) is 0 Å². The van der Waals surface area contributed by atoms with Gasteiger partial charge in [0.1, 0.15) is 5.75 Å². The van der Waals surface area contributed by atoms with Gasteiger partial charge in [-0.05, 0) is 36.8 Å². The van der Waals surface area contributed by atoms with Crippen LogP contribution in [0, 0.1) is 0 Å². The molecule has 0 fully saturated rings. The van der Waals surface area contributed by atoms with Gasteiger partial charge < -0.3 is 10.4 Å². The Hall–Kier alpha value is -2.67. The van der Waals surface area contributed by atoms with Crippen LogP contribution in [-0.4, -0.2) is 29.7 Å². The highest BCUT2D eigenvalue weighted by molar-refractivity contribution is 9.10.